The third kappa shape index (κ3) is 7.28. The fourth-order valence-corrected chi connectivity index (χ4v) is 2.97. The average molecular weight is 488 g/mol. The molecule has 0 radical (unpaired) electrons. The second-order valence-corrected chi connectivity index (χ2v) is 6.74. The van der Waals surface area contributed by atoms with Crippen LogP contribution in [-0.2, 0) is 17.7 Å². The summed E-state index contributed by atoms with van der Waals surface area (Å²) in [6, 6.07) is 7.28. The summed E-state index contributed by atoms with van der Waals surface area (Å²) < 4.78 is 4.70. The van der Waals surface area contributed by atoms with Crippen molar-refractivity contribution in [1.82, 2.24) is 15.6 Å². The number of nitrogens with one attached hydrogen (secondary N) is 2. The van der Waals surface area contributed by atoms with Crippen molar-refractivity contribution in [1.29, 1.82) is 0 Å². The normalized spacial score (nSPS) is 10.8. The van der Waals surface area contributed by atoms with Gasteiger partial charge in [0.15, 0.2) is 5.96 Å². The Morgan fingerprint density at radius 1 is 1.27 bits per heavy atom. The first-order chi connectivity index (χ1) is 12.1. The third-order valence-corrected chi connectivity index (χ3v) is 4.41. The predicted octanol–water partition coefficient (Wildman–Crippen LogP) is 3.15. The SMILES string of the molecule is CCNC(=NCc1ccc(C(=O)OC)cc1)NCCc1ncc(C)s1.I. The fraction of sp³-hybridized carbons (Fsp3) is 0.389. The molecule has 142 valence electrons. The zero-order valence-corrected chi connectivity index (χ0v) is 18.4. The lowest BCUT2D eigenvalue weighted by Crippen LogP contribution is -2.38. The molecule has 0 aliphatic rings. The summed E-state index contributed by atoms with van der Waals surface area (Å²) in [5, 5.41) is 7.67. The molecule has 0 aliphatic heterocycles. The Hall–Kier alpha value is -1.68. The fourth-order valence-electron chi connectivity index (χ4n) is 2.18. The van der Waals surface area contributed by atoms with Crippen molar-refractivity contribution in [2.45, 2.75) is 26.8 Å². The first kappa shape index (κ1) is 22.4. The highest BCUT2D eigenvalue weighted by Gasteiger charge is 2.04. The molecule has 0 amide bonds. The summed E-state index contributed by atoms with van der Waals surface area (Å²) in [4.78, 5) is 21.6. The zero-order valence-electron chi connectivity index (χ0n) is 15.2. The first-order valence-electron chi connectivity index (χ1n) is 8.23. The maximum absolute atomic E-state index is 11.4. The monoisotopic (exact) mass is 488 g/mol. The Balaban J connectivity index is 0.00000338. The molecule has 0 atom stereocenters. The van der Waals surface area contributed by atoms with Crippen LogP contribution in [0.1, 0.15) is 32.7 Å². The van der Waals surface area contributed by atoms with Crippen LogP contribution in [0, 0.1) is 6.92 Å². The Bertz CT molecular complexity index is 716. The predicted molar refractivity (Wildman–Crippen MR) is 117 cm³/mol. The van der Waals surface area contributed by atoms with Gasteiger partial charge < -0.3 is 15.4 Å². The minimum atomic E-state index is -0.331. The number of esters is 1. The summed E-state index contributed by atoms with van der Waals surface area (Å²) in [5.41, 5.74) is 1.57. The highest BCUT2D eigenvalue weighted by atomic mass is 127. The molecular formula is C18H25IN4O2S. The Kier molecular flexibility index (Phi) is 10.2. The molecule has 2 N–H and O–H groups in total. The summed E-state index contributed by atoms with van der Waals surface area (Å²) in [6.07, 6.45) is 2.77. The molecule has 26 heavy (non-hydrogen) atoms. The van der Waals surface area contributed by atoms with E-state index in [1.165, 1.54) is 12.0 Å². The van der Waals surface area contributed by atoms with Crippen LogP contribution in [0.4, 0.5) is 0 Å². The summed E-state index contributed by atoms with van der Waals surface area (Å²) in [5.74, 6) is 0.440. The lowest BCUT2D eigenvalue weighted by molar-refractivity contribution is 0.0600. The zero-order chi connectivity index (χ0) is 18.1. The van der Waals surface area contributed by atoms with Crippen LogP contribution in [0.3, 0.4) is 0 Å². The number of methoxy groups -OCH3 is 1. The lowest BCUT2D eigenvalue weighted by Gasteiger charge is -2.10. The van der Waals surface area contributed by atoms with Gasteiger partial charge in [0.1, 0.15) is 0 Å². The smallest absolute Gasteiger partial charge is 0.337 e. The van der Waals surface area contributed by atoms with E-state index in [9.17, 15) is 4.79 Å². The summed E-state index contributed by atoms with van der Waals surface area (Å²) in [7, 11) is 1.38. The lowest BCUT2D eigenvalue weighted by atomic mass is 10.1. The van der Waals surface area contributed by atoms with Crippen LogP contribution in [0.5, 0.6) is 0 Å². The molecule has 0 aliphatic carbocycles. The second-order valence-electron chi connectivity index (χ2n) is 5.43. The van der Waals surface area contributed by atoms with Gasteiger partial charge in [0, 0.05) is 30.6 Å². The summed E-state index contributed by atoms with van der Waals surface area (Å²) in [6.45, 7) is 6.20. The maximum Gasteiger partial charge on any atom is 0.337 e. The van der Waals surface area contributed by atoms with Gasteiger partial charge in [-0.2, -0.15) is 0 Å². The number of aryl methyl sites for hydroxylation is 1. The number of thiazole rings is 1. The van der Waals surface area contributed by atoms with Crippen molar-refractivity contribution < 1.29 is 9.53 Å². The van der Waals surface area contributed by atoms with Crippen molar-refractivity contribution >= 4 is 47.2 Å². The van der Waals surface area contributed by atoms with Crippen molar-refractivity contribution in [2.24, 2.45) is 4.99 Å². The molecule has 0 spiro atoms. The highest BCUT2D eigenvalue weighted by molar-refractivity contribution is 14.0. The molecular weight excluding hydrogens is 463 g/mol. The number of rotatable bonds is 7. The van der Waals surface area contributed by atoms with E-state index in [1.807, 2.05) is 25.3 Å². The number of halogens is 1. The Labute approximate surface area is 175 Å². The number of benzene rings is 1. The highest BCUT2D eigenvalue weighted by Crippen LogP contribution is 2.11. The van der Waals surface area contributed by atoms with E-state index in [-0.39, 0.29) is 29.9 Å². The maximum atomic E-state index is 11.4. The molecule has 2 aromatic rings. The Morgan fingerprint density at radius 2 is 2.00 bits per heavy atom. The largest absolute Gasteiger partial charge is 0.465 e. The van der Waals surface area contributed by atoms with Crippen LogP contribution < -0.4 is 10.6 Å². The number of aliphatic imine (C=N–C) groups is 1. The van der Waals surface area contributed by atoms with Crippen LogP contribution >= 0.6 is 35.3 Å². The third-order valence-electron chi connectivity index (χ3n) is 3.44. The number of guanidine groups is 1. The van der Waals surface area contributed by atoms with Gasteiger partial charge in [0.2, 0.25) is 0 Å². The van der Waals surface area contributed by atoms with Crippen molar-refractivity contribution in [3.8, 4) is 0 Å². The van der Waals surface area contributed by atoms with Gasteiger partial charge in [-0.25, -0.2) is 14.8 Å². The van der Waals surface area contributed by atoms with Crippen molar-refractivity contribution in [3.63, 3.8) is 0 Å². The van der Waals surface area contributed by atoms with Gasteiger partial charge in [-0.15, -0.1) is 35.3 Å². The van der Waals surface area contributed by atoms with Crippen molar-refractivity contribution in [3.05, 3.63) is 51.5 Å². The van der Waals surface area contributed by atoms with Gasteiger partial charge in [0.05, 0.1) is 24.2 Å². The average Bonchev–Trinajstić information content (AvgIpc) is 3.04. The summed E-state index contributed by atoms with van der Waals surface area (Å²) >= 11 is 1.72. The van der Waals surface area contributed by atoms with E-state index < -0.39 is 0 Å². The van der Waals surface area contributed by atoms with E-state index in [4.69, 9.17) is 4.74 Å². The molecule has 2 rings (SSSR count). The second kappa shape index (κ2) is 11.8. The minimum Gasteiger partial charge on any atom is -0.465 e. The molecule has 6 nitrogen and oxygen atoms in total. The van der Waals surface area contributed by atoms with Crippen LogP contribution in [-0.4, -0.2) is 37.1 Å². The number of aromatic nitrogens is 1. The van der Waals surface area contributed by atoms with E-state index in [2.05, 4.69) is 27.5 Å². The van der Waals surface area contributed by atoms with Gasteiger partial charge >= 0.3 is 5.97 Å². The number of nitrogens with zero attached hydrogens (tertiary/aromatic N) is 2. The van der Waals surface area contributed by atoms with E-state index in [1.54, 1.807) is 23.5 Å². The van der Waals surface area contributed by atoms with Gasteiger partial charge in [-0.1, -0.05) is 12.1 Å². The molecule has 0 fully saturated rings. The molecule has 0 unspecified atom stereocenters. The van der Waals surface area contributed by atoms with E-state index >= 15 is 0 Å². The number of carbonyl (C=O) groups excluding carboxylic acids is 1. The number of ether oxygens (including phenoxy) is 1. The molecule has 0 bridgehead atoms. The molecule has 1 aromatic carbocycles. The van der Waals surface area contributed by atoms with Crippen LogP contribution in [0.15, 0.2) is 35.5 Å². The molecule has 1 aromatic heterocycles. The standard InChI is InChI=1S/C18H24N4O2S.HI/c1-4-19-18(20-10-9-16-21-11-13(2)25-16)22-12-14-5-7-15(8-6-14)17(23)24-3;/h5-8,11H,4,9-10,12H2,1-3H3,(H2,19,20,22);1H. The van der Waals surface area contributed by atoms with Crippen LogP contribution in [0.25, 0.3) is 0 Å². The van der Waals surface area contributed by atoms with E-state index in [0.29, 0.717) is 12.1 Å². The minimum absolute atomic E-state index is 0. The first-order valence-corrected chi connectivity index (χ1v) is 9.04. The van der Waals surface area contributed by atoms with Gasteiger partial charge in [-0.3, -0.25) is 0 Å². The number of hydrogen-bond donors (Lipinski definition) is 2. The van der Waals surface area contributed by atoms with E-state index in [0.717, 1.165) is 36.0 Å². The molecule has 0 saturated carbocycles. The quantitative estimate of drug-likeness (QED) is 0.271. The van der Waals surface area contributed by atoms with Gasteiger partial charge in [0.25, 0.3) is 0 Å². The van der Waals surface area contributed by atoms with Gasteiger partial charge in [-0.05, 0) is 31.5 Å². The Morgan fingerprint density at radius 3 is 2.58 bits per heavy atom. The molecule has 0 saturated heterocycles. The topological polar surface area (TPSA) is 75.6 Å². The van der Waals surface area contributed by atoms with Crippen LogP contribution in [0.2, 0.25) is 0 Å². The molecule has 8 heteroatoms. The van der Waals surface area contributed by atoms with Crippen molar-refractivity contribution in [2.75, 3.05) is 20.2 Å². The molecule has 1 heterocycles. The number of carbonyl (C=O) groups is 1. The number of hydrogen-bond acceptors (Lipinski definition) is 5.